The summed E-state index contributed by atoms with van der Waals surface area (Å²) in [7, 11) is 0. The number of benzene rings is 1. The molecule has 1 saturated heterocycles. The van der Waals surface area contributed by atoms with E-state index in [9.17, 15) is 18.8 Å². The van der Waals surface area contributed by atoms with Crippen molar-refractivity contribution in [2.75, 3.05) is 19.6 Å². The van der Waals surface area contributed by atoms with Crippen LogP contribution in [-0.4, -0.2) is 40.9 Å². The van der Waals surface area contributed by atoms with Crippen LogP contribution in [0.4, 0.5) is 4.39 Å². The summed E-state index contributed by atoms with van der Waals surface area (Å²) in [6, 6.07) is 10.6. The summed E-state index contributed by atoms with van der Waals surface area (Å²) < 4.78 is 14.7. The third-order valence-corrected chi connectivity index (χ3v) is 5.99. The molecule has 3 heterocycles. The molecule has 6 nitrogen and oxygen atoms in total. The number of likely N-dealkylation sites (tertiary alicyclic amines) is 1. The van der Waals surface area contributed by atoms with Crippen LogP contribution in [0.2, 0.25) is 0 Å². The highest BCUT2D eigenvalue weighted by Crippen LogP contribution is 2.41. The summed E-state index contributed by atoms with van der Waals surface area (Å²) in [5.74, 6) is -0.554. The van der Waals surface area contributed by atoms with E-state index in [1.54, 1.807) is 27.7 Å². The van der Waals surface area contributed by atoms with Gasteiger partial charge in [0.1, 0.15) is 11.9 Å². The van der Waals surface area contributed by atoms with Crippen LogP contribution in [0.5, 0.6) is 0 Å². The molecule has 0 aliphatic carbocycles. The van der Waals surface area contributed by atoms with Gasteiger partial charge in [0, 0.05) is 50.2 Å². The highest BCUT2D eigenvalue weighted by Gasteiger charge is 2.44. The molecule has 2 bridgehead atoms. The molecule has 0 unspecified atom stereocenters. The van der Waals surface area contributed by atoms with E-state index in [-0.39, 0.29) is 35.0 Å². The lowest BCUT2D eigenvalue weighted by molar-refractivity contribution is -0.135. The fraction of sp³-hybridized carbons (Fsp3) is 0.409. The van der Waals surface area contributed by atoms with Gasteiger partial charge in [-0.05, 0) is 36.6 Å². The molecule has 4 rings (SSSR count). The predicted octanol–water partition coefficient (Wildman–Crippen LogP) is 1.85. The molecule has 2 aliphatic rings. The van der Waals surface area contributed by atoms with E-state index in [1.165, 1.54) is 25.1 Å². The maximum Gasteiger partial charge on any atom is 0.251 e. The number of hydrogen-bond acceptors (Lipinski definition) is 3. The van der Waals surface area contributed by atoms with E-state index >= 15 is 0 Å². The second kappa shape index (κ2) is 7.81. The molecule has 0 radical (unpaired) electrons. The van der Waals surface area contributed by atoms with Gasteiger partial charge in [-0.25, -0.2) is 4.39 Å². The first kappa shape index (κ1) is 19.4. The Balaban J connectivity index is 1.55. The molecule has 2 aromatic rings. The zero-order valence-electron chi connectivity index (χ0n) is 16.3. The number of nitrogens with one attached hydrogen (secondary N) is 1. The summed E-state index contributed by atoms with van der Waals surface area (Å²) in [4.78, 5) is 39.5. The van der Waals surface area contributed by atoms with E-state index in [0.29, 0.717) is 26.1 Å². The molecule has 0 spiro atoms. The Morgan fingerprint density at radius 1 is 1.14 bits per heavy atom. The minimum atomic E-state index is -0.634. The first-order valence-corrected chi connectivity index (χ1v) is 9.93. The summed E-state index contributed by atoms with van der Waals surface area (Å²) in [6.45, 7) is 2.98. The normalized spacial score (nSPS) is 22.7. The monoisotopic (exact) mass is 397 g/mol. The predicted molar refractivity (Wildman–Crippen MR) is 106 cm³/mol. The molecule has 152 valence electrons. The first-order chi connectivity index (χ1) is 13.9. The zero-order chi connectivity index (χ0) is 20.5. The molecule has 2 aliphatic heterocycles. The fourth-order valence-electron chi connectivity index (χ4n) is 4.61. The molecule has 0 saturated carbocycles. The van der Waals surface area contributed by atoms with Crippen LogP contribution >= 0.6 is 0 Å². The van der Waals surface area contributed by atoms with Crippen LogP contribution in [0.15, 0.2) is 47.3 Å². The molecule has 2 amide bonds. The average molecular weight is 397 g/mol. The Bertz CT molecular complexity index is 986. The van der Waals surface area contributed by atoms with Crippen molar-refractivity contribution in [1.82, 2.24) is 14.8 Å². The van der Waals surface area contributed by atoms with E-state index in [0.717, 1.165) is 17.7 Å². The molecule has 1 aromatic heterocycles. The molecule has 1 aromatic carbocycles. The summed E-state index contributed by atoms with van der Waals surface area (Å²) in [5, 5.41) is 2.94. The van der Waals surface area contributed by atoms with Crippen molar-refractivity contribution < 1.29 is 14.0 Å². The Morgan fingerprint density at radius 2 is 1.90 bits per heavy atom. The van der Waals surface area contributed by atoms with Crippen LogP contribution in [-0.2, 0) is 16.0 Å². The van der Waals surface area contributed by atoms with Crippen molar-refractivity contribution >= 4 is 11.8 Å². The van der Waals surface area contributed by atoms with Gasteiger partial charge in [-0.3, -0.25) is 19.0 Å². The van der Waals surface area contributed by atoms with Gasteiger partial charge in [0.05, 0.1) is 0 Å². The number of aromatic nitrogens is 1. The number of hydrogen-bond donors (Lipinski definition) is 1. The van der Waals surface area contributed by atoms with Crippen molar-refractivity contribution in [3.05, 3.63) is 69.9 Å². The molecule has 1 fully saturated rings. The highest BCUT2D eigenvalue weighted by atomic mass is 19.1. The number of rotatable bonds is 4. The van der Waals surface area contributed by atoms with Crippen molar-refractivity contribution in [3.63, 3.8) is 0 Å². The number of pyridine rings is 1. The van der Waals surface area contributed by atoms with E-state index in [4.69, 9.17) is 0 Å². The number of nitrogens with zero attached hydrogens (tertiary/aromatic N) is 2. The SMILES string of the molecule is CC(=O)N1C[C@H]2C[C@@H](C1)[C@H](C(=O)NCCc1ccc(F)cc1)n1c2cccc1=O. The average Bonchev–Trinajstić information content (AvgIpc) is 2.70. The maximum absolute atomic E-state index is 13.1. The minimum Gasteiger partial charge on any atom is -0.354 e. The number of carbonyl (C=O) groups is 2. The van der Waals surface area contributed by atoms with E-state index in [1.807, 2.05) is 6.07 Å². The van der Waals surface area contributed by atoms with Crippen LogP contribution < -0.4 is 10.9 Å². The Morgan fingerprint density at radius 3 is 2.62 bits per heavy atom. The van der Waals surface area contributed by atoms with Crippen molar-refractivity contribution in [3.8, 4) is 0 Å². The topological polar surface area (TPSA) is 71.4 Å². The third kappa shape index (κ3) is 3.81. The number of piperidine rings is 1. The fourth-order valence-corrected chi connectivity index (χ4v) is 4.61. The first-order valence-electron chi connectivity index (χ1n) is 9.93. The molecular weight excluding hydrogens is 373 g/mol. The molecular formula is C22H24FN3O3. The lowest BCUT2D eigenvalue weighted by Gasteiger charge is -2.46. The van der Waals surface area contributed by atoms with Gasteiger partial charge < -0.3 is 10.2 Å². The van der Waals surface area contributed by atoms with Gasteiger partial charge in [0.25, 0.3) is 5.56 Å². The molecule has 7 heteroatoms. The van der Waals surface area contributed by atoms with Gasteiger partial charge in [-0.15, -0.1) is 0 Å². The van der Waals surface area contributed by atoms with Crippen LogP contribution in [0.1, 0.15) is 36.6 Å². The quantitative estimate of drug-likeness (QED) is 0.856. The number of fused-ring (bicyclic) bond motifs is 4. The smallest absolute Gasteiger partial charge is 0.251 e. The number of carbonyl (C=O) groups excluding carboxylic acids is 2. The highest BCUT2D eigenvalue weighted by molar-refractivity contribution is 5.81. The summed E-state index contributed by atoms with van der Waals surface area (Å²) in [5.41, 5.74) is 1.55. The van der Waals surface area contributed by atoms with Crippen LogP contribution in [0.25, 0.3) is 0 Å². The largest absolute Gasteiger partial charge is 0.354 e. The maximum atomic E-state index is 13.1. The van der Waals surface area contributed by atoms with Gasteiger partial charge in [0.15, 0.2) is 0 Å². The zero-order valence-corrected chi connectivity index (χ0v) is 16.3. The van der Waals surface area contributed by atoms with Crippen molar-refractivity contribution in [2.24, 2.45) is 5.92 Å². The van der Waals surface area contributed by atoms with Crippen LogP contribution in [0, 0.1) is 11.7 Å². The van der Waals surface area contributed by atoms with Gasteiger partial charge in [-0.2, -0.15) is 0 Å². The van der Waals surface area contributed by atoms with Gasteiger partial charge >= 0.3 is 0 Å². The third-order valence-electron chi connectivity index (χ3n) is 5.99. The summed E-state index contributed by atoms with van der Waals surface area (Å²) in [6.07, 6.45) is 1.35. The molecule has 3 atom stereocenters. The second-order valence-electron chi connectivity index (χ2n) is 7.89. The lowest BCUT2D eigenvalue weighted by Crippen LogP contribution is -2.54. The number of halogens is 1. The van der Waals surface area contributed by atoms with E-state index < -0.39 is 6.04 Å². The van der Waals surface area contributed by atoms with E-state index in [2.05, 4.69) is 5.32 Å². The number of amides is 2. The van der Waals surface area contributed by atoms with Crippen molar-refractivity contribution in [1.29, 1.82) is 0 Å². The Hall–Kier alpha value is -2.96. The minimum absolute atomic E-state index is 0.0121. The second-order valence-corrected chi connectivity index (χ2v) is 7.89. The molecule has 1 N–H and O–H groups in total. The summed E-state index contributed by atoms with van der Waals surface area (Å²) >= 11 is 0. The van der Waals surface area contributed by atoms with Gasteiger partial charge in [0.2, 0.25) is 11.8 Å². The molecule has 29 heavy (non-hydrogen) atoms. The standard InChI is InChI=1S/C22H24FN3O3/c1-14(27)25-12-16-11-17(13-25)21(26-19(16)3-2-4-20(26)28)22(29)24-10-9-15-5-7-18(23)8-6-15/h2-8,16-17,21H,9-13H2,1H3,(H,24,29)/t16-,17+,21-/m1/s1. The Kier molecular flexibility index (Phi) is 5.22. The lowest BCUT2D eigenvalue weighted by atomic mass is 9.78. The van der Waals surface area contributed by atoms with Crippen molar-refractivity contribution in [2.45, 2.75) is 31.7 Å². The van der Waals surface area contributed by atoms with Gasteiger partial charge in [-0.1, -0.05) is 18.2 Å². The van der Waals surface area contributed by atoms with Crippen LogP contribution in [0.3, 0.4) is 0 Å². The Labute approximate surface area is 168 Å².